The summed E-state index contributed by atoms with van der Waals surface area (Å²) in [4.78, 5) is 0. The van der Waals surface area contributed by atoms with Gasteiger partial charge in [-0.3, -0.25) is 0 Å². The van der Waals surface area contributed by atoms with Gasteiger partial charge in [0.15, 0.2) is 6.61 Å². The highest BCUT2D eigenvalue weighted by atomic mass is 16.5. The Morgan fingerprint density at radius 1 is 0.870 bits per heavy atom. The number of ether oxygens (including phenoxy) is 2. The summed E-state index contributed by atoms with van der Waals surface area (Å²) < 4.78 is 16.7. The third kappa shape index (κ3) is 4.32. The highest BCUT2D eigenvalue weighted by Crippen LogP contribution is 2.20. The molecule has 1 heterocycles. The first-order valence-electron chi connectivity index (χ1n) is 7.54. The second-order valence-corrected chi connectivity index (χ2v) is 4.95. The molecule has 0 saturated carbocycles. The smallest absolute Gasteiger partial charge is 0.253 e. The number of nitrogens with zero attached hydrogens (tertiary/aromatic N) is 2. The fourth-order valence-electron chi connectivity index (χ4n) is 2.15. The molecule has 0 spiro atoms. The molecule has 5 nitrogen and oxygen atoms in total. The molecule has 0 radical (unpaired) electrons. The van der Waals surface area contributed by atoms with Gasteiger partial charge in [0, 0.05) is 6.07 Å². The minimum atomic E-state index is 0.234. The van der Waals surface area contributed by atoms with Crippen molar-refractivity contribution >= 4 is 0 Å². The van der Waals surface area contributed by atoms with Crippen LogP contribution in [-0.2, 0) is 13.0 Å². The van der Waals surface area contributed by atoms with Gasteiger partial charge >= 0.3 is 0 Å². The Labute approximate surface area is 134 Å². The summed E-state index contributed by atoms with van der Waals surface area (Å²) in [5.41, 5.74) is 1.13. The van der Waals surface area contributed by atoms with E-state index < -0.39 is 0 Å². The first kappa shape index (κ1) is 15.1. The van der Waals surface area contributed by atoms with Crippen LogP contribution in [0.15, 0.2) is 59.0 Å². The van der Waals surface area contributed by atoms with Crippen molar-refractivity contribution in [2.45, 2.75) is 20.0 Å². The topological polar surface area (TPSA) is 57.4 Å². The highest BCUT2D eigenvalue weighted by Gasteiger charge is 2.08. The molecule has 0 bridgehead atoms. The van der Waals surface area contributed by atoms with Gasteiger partial charge in [0.2, 0.25) is 5.89 Å². The van der Waals surface area contributed by atoms with E-state index in [9.17, 15) is 0 Å². The van der Waals surface area contributed by atoms with Crippen molar-refractivity contribution in [1.29, 1.82) is 0 Å². The molecule has 0 fully saturated rings. The van der Waals surface area contributed by atoms with Crippen LogP contribution in [0.1, 0.15) is 24.3 Å². The summed E-state index contributed by atoms with van der Waals surface area (Å²) in [7, 11) is 0. The van der Waals surface area contributed by atoms with Gasteiger partial charge < -0.3 is 13.9 Å². The van der Waals surface area contributed by atoms with Crippen LogP contribution in [0.4, 0.5) is 0 Å². The van der Waals surface area contributed by atoms with E-state index in [4.69, 9.17) is 13.9 Å². The molecule has 0 aliphatic carbocycles. The lowest BCUT2D eigenvalue weighted by Crippen LogP contribution is -1.97. The van der Waals surface area contributed by atoms with E-state index in [-0.39, 0.29) is 6.61 Å². The third-order valence-corrected chi connectivity index (χ3v) is 3.19. The normalized spacial score (nSPS) is 10.5. The quantitative estimate of drug-likeness (QED) is 0.667. The minimum Gasteiger partial charge on any atom is -0.494 e. The Morgan fingerprint density at radius 3 is 2.39 bits per heavy atom. The van der Waals surface area contributed by atoms with Crippen LogP contribution < -0.4 is 9.47 Å². The van der Waals surface area contributed by atoms with E-state index in [2.05, 4.69) is 10.2 Å². The second-order valence-electron chi connectivity index (χ2n) is 4.95. The lowest BCUT2D eigenvalue weighted by molar-refractivity contribution is 0.257. The monoisotopic (exact) mass is 310 g/mol. The average Bonchev–Trinajstić information content (AvgIpc) is 3.02. The Morgan fingerprint density at radius 2 is 1.61 bits per heavy atom. The van der Waals surface area contributed by atoms with Crippen molar-refractivity contribution in [3.8, 4) is 11.5 Å². The largest absolute Gasteiger partial charge is 0.494 e. The summed E-state index contributed by atoms with van der Waals surface area (Å²) in [6, 6.07) is 17.5. The number of hydrogen-bond donors (Lipinski definition) is 0. The molecule has 0 amide bonds. The van der Waals surface area contributed by atoms with Gasteiger partial charge in [0.05, 0.1) is 13.0 Å². The molecule has 0 aliphatic rings. The predicted molar refractivity (Wildman–Crippen MR) is 85.5 cm³/mol. The van der Waals surface area contributed by atoms with Crippen molar-refractivity contribution in [2.75, 3.05) is 6.61 Å². The second kappa shape index (κ2) is 7.45. The van der Waals surface area contributed by atoms with Gasteiger partial charge in [-0.05, 0) is 24.6 Å². The van der Waals surface area contributed by atoms with Gasteiger partial charge in [0.1, 0.15) is 11.5 Å². The Kier molecular flexibility index (Phi) is 4.88. The lowest BCUT2D eigenvalue weighted by atomic mass is 10.2. The van der Waals surface area contributed by atoms with Crippen LogP contribution in [-0.4, -0.2) is 16.8 Å². The molecule has 1 aromatic heterocycles. The average molecular weight is 310 g/mol. The first-order chi connectivity index (χ1) is 11.3. The van der Waals surface area contributed by atoms with Crippen LogP contribution in [0.25, 0.3) is 0 Å². The van der Waals surface area contributed by atoms with E-state index in [1.54, 1.807) is 0 Å². The summed E-state index contributed by atoms with van der Waals surface area (Å²) in [5, 5.41) is 8.06. The molecule has 0 aliphatic heterocycles. The summed E-state index contributed by atoms with van der Waals surface area (Å²) >= 11 is 0. The SMILES string of the molecule is CCOc1cccc(OCc2nnc(Cc3ccccc3)o2)c1. The Balaban J connectivity index is 1.58. The van der Waals surface area contributed by atoms with Crippen molar-refractivity contribution < 1.29 is 13.9 Å². The number of hydrogen-bond acceptors (Lipinski definition) is 5. The van der Waals surface area contributed by atoms with Crippen molar-refractivity contribution in [3.63, 3.8) is 0 Å². The van der Waals surface area contributed by atoms with E-state index in [1.165, 1.54) is 0 Å². The third-order valence-electron chi connectivity index (χ3n) is 3.19. The van der Waals surface area contributed by atoms with E-state index in [0.29, 0.717) is 30.6 Å². The van der Waals surface area contributed by atoms with Gasteiger partial charge in [-0.25, -0.2) is 0 Å². The van der Waals surface area contributed by atoms with Gasteiger partial charge in [-0.1, -0.05) is 36.4 Å². The molecule has 23 heavy (non-hydrogen) atoms. The summed E-state index contributed by atoms with van der Waals surface area (Å²) in [5.74, 6) is 2.52. The molecule has 2 aromatic carbocycles. The standard InChI is InChI=1S/C18H18N2O3/c1-2-21-15-9-6-10-16(12-15)22-13-18-20-19-17(23-18)11-14-7-4-3-5-8-14/h3-10,12H,2,11,13H2,1H3. The molecule has 3 rings (SSSR count). The van der Waals surface area contributed by atoms with Crippen LogP contribution in [0, 0.1) is 0 Å². The van der Waals surface area contributed by atoms with Crippen molar-refractivity contribution in [3.05, 3.63) is 71.9 Å². The molecule has 0 saturated heterocycles. The maximum atomic E-state index is 5.67. The molecular formula is C18H18N2O3. The fraction of sp³-hybridized carbons (Fsp3) is 0.222. The zero-order valence-corrected chi connectivity index (χ0v) is 12.9. The molecule has 0 unspecified atom stereocenters. The molecule has 0 N–H and O–H groups in total. The van der Waals surface area contributed by atoms with Crippen molar-refractivity contribution in [1.82, 2.24) is 10.2 Å². The molecular weight excluding hydrogens is 292 g/mol. The van der Waals surface area contributed by atoms with Gasteiger partial charge in [-0.2, -0.15) is 0 Å². The van der Waals surface area contributed by atoms with Gasteiger partial charge in [0.25, 0.3) is 5.89 Å². The Bertz CT molecular complexity index is 741. The van der Waals surface area contributed by atoms with Crippen LogP contribution in [0.2, 0.25) is 0 Å². The first-order valence-corrected chi connectivity index (χ1v) is 7.54. The maximum Gasteiger partial charge on any atom is 0.253 e. The van der Waals surface area contributed by atoms with E-state index in [1.807, 2.05) is 61.5 Å². The zero-order chi connectivity index (χ0) is 15.9. The van der Waals surface area contributed by atoms with E-state index in [0.717, 1.165) is 11.3 Å². The lowest BCUT2D eigenvalue weighted by Gasteiger charge is -2.06. The number of benzene rings is 2. The molecule has 5 heteroatoms. The summed E-state index contributed by atoms with van der Waals surface area (Å²) in [6.45, 7) is 2.80. The number of rotatable bonds is 7. The molecule has 0 atom stereocenters. The maximum absolute atomic E-state index is 5.67. The summed E-state index contributed by atoms with van der Waals surface area (Å²) in [6.07, 6.45) is 0.619. The van der Waals surface area contributed by atoms with Crippen LogP contribution in [0.5, 0.6) is 11.5 Å². The highest BCUT2D eigenvalue weighted by molar-refractivity contribution is 5.32. The molecule has 118 valence electrons. The van der Waals surface area contributed by atoms with Crippen LogP contribution in [0.3, 0.4) is 0 Å². The predicted octanol–water partition coefficient (Wildman–Crippen LogP) is 3.64. The van der Waals surface area contributed by atoms with E-state index >= 15 is 0 Å². The van der Waals surface area contributed by atoms with Crippen molar-refractivity contribution in [2.24, 2.45) is 0 Å². The fourth-order valence-corrected chi connectivity index (χ4v) is 2.15. The van der Waals surface area contributed by atoms with Crippen LogP contribution >= 0.6 is 0 Å². The number of aromatic nitrogens is 2. The minimum absolute atomic E-state index is 0.234. The van der Waals surface area contributed by atoms with Gasteiger partial charge in [-0.15, -0.1) is 10.2 Å². The zero-order valence-electron chi connectivity index (χ0n) is 12.9. The molecule has 3 aromatic rings. The Hall–Kier alpha value is -2.82.